The normalized spacial score (nSPS) is 40.9. The second-order valence-corrected chi connectivity index (χ2v) is 6.66. The molecule has 1 saturated carbocycles. The Balaban J connectivity index is 3.01. The molecule has 14 heavy (non-hydrogen) atoms. The third-order valence-corrected chi connectivity index (χ3v) is 5.48. The summed E-state index contributed by atoms with van der Waals surface area (Å²) in [5, 5.41) is 0. The second-order valence-electron chi connectivity index (χ2n) is 6.66. The van der Waals surface area contributed by atoms with E-state index in [1.807, 2.05) is 0 Å². The summed E-state index contributed by atoms with van der Waals surface area (Å²) < 4.78 is 0. The first-order valence-corrected chi connectivity index (χ1v) is 6.24. The van der Waals surface area contributed by atoms with Crippen molar-refractivity contribution < 1.29 is 0 Å². The fourth-order valence-electron chi connectivity index (χ4n) is 3.69. The Bertz CT molecular complexity index is 200. The van der Waals surface area contributed by atoms with E-state index in [2.05, 4.69) is 48.5 Å². The highest BCUT2D eigenvalue weighted by Gasteiger charge is 2.49. The van der Waals surface area contributed by atoms with Gasteiger partial charge in [0.25, 0.3) is 0 Å². The Morgan fingerprint density at radius 3 is 2.00 bits per heavy atom. The molecule has 0 aliphatic heterocycles. The molecule has 0 heteroatoms. The van der Waals surface area contributed by atoms with Gasteiger partial charge in [-0.3, -0.25) is 0 Å². The van der Waals surface area contributed by atoms with Gasteiger partial charge in [-0.1, -0.05) is 54.9 Å². The molecule has 0 aromatic carbocycles. The molecule has 0 N–H and O–H groups in total. The predicted molar refractivity (Wildman–Crippen MR) is 64.3 cm³/mol. The van der Waals surface area contributed by atoms with Gasteiger partial charge < -0.3 is 0 Å². The molecule has 1 fully saturated rings. The van der Waals surface area contributed by atoms with Crippen molar-refractivity contribution in [3.63, 3.8) is 0 Å². The summed E-state index contributed by atoms with van der Waals surface area (Å²) in [5.41, 5.74) is 0.993. The third kappa shape index (κ3) is 1.61. The van der Waals surface area contributed by atoms with Crippen LogP contribution in [-0.4, -0.2) is 0 Å². The van der Waals surface area contributed by atoms with Gasteiger partial charge in [0.2, 0.25) is 0 Å². The van der Waals surface area contributed by atoms with Gasteiger partial charge in [-0.05, 0) is 35.0 Å². The van der Waals surface area contributed by atoms with Crippen molar-refractivity contribution in [1.82, 2.24) is 0 Å². The molecule has 1 rings (SSSR count). The lowest BCUT2D eigenvalue weighted by Crippen LogP contribution is -2.48. The van der Waals surface area contributed by atoms with Crippen LogP contribution in [0.15, 0.2) is 0 Å². The van der Waals surface area contributed by atoms with Crippen LogP contribution in [0.2, 0.25) is 0 Å². The minimum atomic E-state index is 0.494. The largest absolute Gasteiger partial charge is 0.0651 e. The maximum atomic E-state index is 2.48. The first kappa shape index (κ1) is 12.1. The van der Waals surface area contributed by atoms with Gasteiger partial charge in [0.05, 0.1) is 0 Å². The van der Waals surface area contributed by atoms with E-state index in [1.165, 1.54) is 12.8 Å². The molecule has 0 nitrogen and oxygen atoms in total. The van der Waals surface area contributed by atoms with Gasteiger partial charge in [0.15, 0.2) is 0 Å². The van der Waals surface area contributed by atoms with Crippen molar-refractivity contribution in [3.8, 4) is 0 Å². The summed E-state index contributed by atoms with van der Waals surface area (Å²) >= 11 is 0. The van der Waals surface area contributed by atoms with Gasteiger partial charge in [-0.25, -0.2) is 0 Å². The zero-order valence-corrected chi connectivity index (χ0v) is 11.1. The maximum absolute atomic E-state index is 2.48. The van der Waals surface area contributed by atoms with E-state index >= 15 is 0 Å². The summed E-state index contributed by atoms with van der Waals surface area (Å²) in [7, 11) is 0. The molecule has 0 heterocycles. The van der Waals surface area contributed by atoms with Crippen LogP contribution in [0.3, 0.4) is 0 Å². The SMILES string of the molecule is CCC1C(C)C(C)CC(C)(C)C1(C)C. The van der Waals surface area contributed by atoms with E-state index in [0.717, 1.165) is 17.8 Å². The average Bonchev–Trinajstić information content (AvgIpc) is 2.01. The van der Waals surface area contributed by atoms with E-state index in [9.17, 15) is 0 Å². The molecule has 0 bridgehead atoms. The van der Waals surface area contributed by atoms with Gasteiger partial charge >= 0.3 is 0 Å². The van der Waals surface area contributed by atoms with Crippen LogP contribution in [-0.2, 0) is 0 Å². The van der Waals surface area contributed by atoms with Gasteiger partial charge in [-0.2, -0.15) is 0 Å². The fourth-order valence-corrected chi connectivity index (χ4v) is 3.69. The summed E-state index contributed by atoms with van der Waals surface area (Å²) in [6.07, 6.45) is 2.72. The second kappa shape index (κ2) is 3.54. The van der Waals surface area contributed by atoms with Crippen LogP contribution < -0.4 is 0 Å². The standard InChI is InChI=1S/C14H28/c1-8-12-11(3)10(2)9-13(4,5)14(12,6)7/h10-12H,8-9H2,1-7H3. The number of rotatable bonds is 1. The lowest BCUT2D eigenvalue weighted by molar-refractivity contribution is -0.0705. The van der Waals surface area contributed by atoms with Crippen LogP contribution in [0, 0.1) is 28.6 Å². The van der Waals surface area contributed by atoms with Gasteiger partial charge in [0.1, 0.15) is 0 Å². The quantitative estimate of drug-likeness (QED) is 0.568. The average molecular weight is 196 g/mol. The molecular formula is C14H28. The van der Waals surface area contributed by atoms with Crippen LogP contribution in [0.4, 0.5) is 0 Å². The lowest BCUT2D eigenvalue weighted by Gasteiger charge is -2.56. The van der Waals surface area contributed by atoms with Gasteiger partial charge in [0, 0.05) is 0 Å². The molecule has 84 valence electrons. The minimum absolute atomic E-state index is 0.494. The fraction of sp³-hybridized carbons (Fsp3) is 1.00. The molecule has 3 unspecified atom stereocenters. The first-order valence-electron chi connectivity index (χ1n) is 6.24. The highest BCUT2D eigenvalue weighted by atomic mass is 14.5. The zero-order valence-electron chi connectivity index (χ0n) is 11.1. The molecular weight excluding hydrogens is 168 g/mol. The van der Waals surface area contributed by atoms with Crippen LogP contribution >= 0.6 is 0 Å². The van der Waals surface area contributed by atoms with E-state index in [1.54, 1.807) is 0 Å². The smallest absolute Gasteiger partial charge is 0.0272 e. The molecule has 0 aromatic rings. The number of hydrogen-bond donors (Lipinski definition) is 0. The van der Waals surface area contributed by atoms with E-state index < -0.39 is 0 Å². The highest BCUT2D eigenvalue weighted by molar-refractivity contribution is 4.98. The first-order chi connectivity index (χ1) is 6.24. The minimum Gasteiger partial charge on any atom is -0.0651 e. The molecule has 0 radical (unpaired) electrons. The van der Waals surface area contributed by atoms with Crippen molar-refractivity contribution in [1.29, 1.82) is 0 Å². The Morgan fingerprint density at radius 1 is 1.07 bits per heavy atom. The zero-order chi connectivity index (χ0) is 11.1. The third-order valence-electron chi connectivity index (χ3n) is 5.48. The van der Waals surface area contributed by atoms with Crippen molar-refractivity contribution in [2.24, 2.45) is 28.6 Å². The highest BCUT2D eigenvalue weighted by Crippen LogP contribution is 2.57. The molecule has 1 aliphatic rings. The van der Waals surface area contributed by atoms with Gasteiger partial charge in [-0.15, -0.1) is 0 Å². The van der Waals surface area contributed by atoms with E-state index in [-0.39, 0.29) is 0 Å². The van der Waals surface area contributed by atoms with Crippen LogP contribution in [0.25, 0.3) is 0 Å². The van der Waals surface area contributed by atoms with E-state index in [4.69, 9.17) is 0 Å². The monoisotopic (exact) mass is 196 g/mol. The summed E-state index contributed by atoms with van der Waals surface area (Å²) in [6, 6.07) is 0. The molecule has 3 atom stereocenters. The Labute approximate surface area is 90.5 Å². The van der Waals surface area contributed by atoms with E-state index in [0.29, 0.717) is 10.8 Å². The van der Waals surface area contributed by atoms with Crippen molar-refractivity contribution in [3.05, 3.63) is 0 Å². The van der Waals surface area contributed by atoms with Crippen molar-refractivity contribution in [2.45, 2.75) is 61.3 Å². The number of hydrogen-bond acceptors (Lipinski definition) is 0. The Hall–Kier alpha value is 0. The Kier molecular flexibility index (Phi) is 3.05. The maximum Gasteiger partial charge on any atom is -0.0272 e. The van der Waals surface area contributed by atoms with Crippen molar-refractivity contribution in [2.75, 3.05) is 0 Å². The molecule has 0 amide bonds. The summed E-state index contributed by atoms with van der Waals surface area (Å²) in [4.78, 5) is 0. The predicted octanol–water partition coefficient (Wildman–Crippen LogP) is 4.74. The van der Waals surface area contributed by atoms with Crippen LogP contribution in [0.1, 0.15) is 61.3 Å². The van der Waals surface area contributed by atoms with Crippen molar-refractivity contribution >= 4 is 0 Å². The molecule has 1 aliphatic carbocycles. The molecule has 0 spiro atoms. The summed E-state index contributed by atoms with van der Waals surface area (Å²) in [5.74, 6) is 2.67. The lowest BCUT2D eigenvalue weighted by atomic mass is 9.49. The molecule has 0 aromatic heterocycles. The molecule has 0 saturated heterocycles. The summed E-state index contributed by atoms with van der Waals surface area (Å²) in [6.45, 7) is 17.1. The Morgan fingerprint density at radius 2 is 1.57 bits per heavy atom. The topological polar surface area (TPSA) is 0 Å². The van der Waals surface area contributed by atoms with Crippen LogP contribution in [0.5, 0.6) is 0 Å².